The zero-order valence-corrected chi connectivity index (χ0v) is 19.8. The van der Waals surface area contributed by atoms with E-state index in [0.29, 0.717) is 17.9 Å². The largest absolute Gasteiger partial charge is 0.302 e. The fraction of sp³-hybridized carbons (Fsp3) is 0.750. The molecule has 0 saturated carbocycles. The van der Waals surface area contributed by atoms with E-state index in [-0.39, 0.29) is 5.54 Å². The van der Waals surface area contributed by atoms with Gasteiger partial charge in [0, 0.05) is 11.6 Å². The fourth-order valence-corrected chi connectivity index (χ4v) is 2.64. The SMILES string of the molecule is CC.CCc1ccc(C(C)CC)cc1.CON(C(C)C(C)C)C(C)(C)C. The third kappa shape index (κ3) is 10.3. The van der Waals surface area contributed by atoms with Crippen LogP contribution in [0.2, 0.25) is 0 Å². The molecular formula is C24H47NO. The van der Waals surface area contributed by atoms with Gasteiger partial charge in [-0.1, -0.05) is 72.7 Å². The Labute approximate surface area is 165 Å². The first-order valence-electron chi connectivity index (χ1n) is 10.5. The van der Waals surface area contributed by atoms with Crippen LogP contribution < -0.4 is 0 Å². The van der Waals surface area contributed by atoms with E-state index in [0.717, 1.165) is 6.42 Å². The Morgan fingerprint density at radius 3 is 1.62 bits per heavy atom. The molecule has 2 heteroatoms. The monoisotopic (exact) mass is 365 g/mol. The number of rotatable bonds is 6. The molecule has 26 heavy (non-hydrogen) atoms. The van der Waals surface area contributed by atoms with E-state index in [1.165, 1.54) is 17.5 Å². The Morgan fingerprint density at radius 2 is 1.38 bits per heavy atom. The van der Waals surface area contributed by atoms with Gasteiger partial charge in [0.15, 0.2) is 0 Å². The van der Waals surface area contributed by atoms with E-state index in [1.54, 1.807) is 7.11 Å². The number of nitrogens with zero attached hydrogens (tertiary/aromatic N) is 1. The number of hydrogen-bond acceptors (Lipinski definition) is 2. The maximum Gasteiger partial charge on any atom is 0.0575 e. The number of hydroxylamine groups is 2. The molecule has 0 amide bonds. The third-order valence-corrected chi connectivity index (χ3v) is 4.76. The average molecular weight is 366 g/mol. The molecule has 0 bridgehead atoms. The lowest BCUT2D eigenvalue weighted by Crippen LogP contribution is -2.48. The van der Waals surface area contributed by atoms with Crippen molar-refractivity contribution in [3.8, 4) is 0 Å². The van der Waals surface area contributed by atoms with E-state index in [2.05, 4.69) is 91.6 Å². The summed E-state index contributed by atoms with van der Waals surface area (Å²) in [4.78, 5) is 5.37. The Morgan fingerprint density at radius 1 is 0.923 bits per heavy atom. The molecule has 0 spiro atoms. The lowest BCUT2D eigenvalue weighted by molar-refractivity contribution is -0.219. The van der Waals surface area contributed by atoms with Crippen molar-refractivity contribution in [1.29, 1.82) is 0 Å². The van der Waals surface area contributed by atoms with Crippen LogP contribution in [-0.4, -0.2) is 23.8 Å². The highest BCUT2D eigenvalue weighted by Gasteiger charge is 2.27. The van der Waals surface area contributed by atoms with E-state index in [1.807, 2.05) is 13.8 Å². The Balaban J connectivity index is 0. The minimum absolute atomic E-state index is 0.0818. The van der Waals surface area contributed by atoms with Crippen LogP contribution in [0.3, 0.4) is 0 Å². The standard InChI is InChI=1S/C12H18.C10H23NO.C2H6/c1-4-10(3)12-8-6-11(5-2)7-9-12;1-8(2)9(3)11(12-7)10(4,5)6;1-2/h6-10H,4-5H2,1-3H3;8-9H,1-7H3;1-2H3. The molecule has 2 atom stereocenters. The summed E-state index contributed by atoms with van der Waals surface area (Å²) in [7, 11) is 1.74. The molecule has 0 aliphatic rings. The molecule has 0 saturated heterocycles. The lowest BCUT2D eigenvalue weighted by atomic mass is 9.97. The molecule has 2 unspecified atom stereocenters. The molecule has 0 aliphatic heterocycles. The first-order valence-corrected chi connectivity index (χ1v) is 10.5. The molecule has 1 rings (SSSR count). The summed E-state index contributed by atoms with van der Waals surface area (Å²) < 4.78 is 0. The Bertz CT molecular complexity index is 431. The number of aryl methyl sites for hydroxylation is 1. The molecule has 0 aliphatic carbocycles. The summed E-state index contributed by atoms with van der Waals surface area (Å²) in [5, 5.41) is 2.05. The minimum Gasteiger partial charge on any atom is -0.302 e. The first kappa shape index (κ1) is 27.4. The van der Waals surface area contributed by atoms with Crippen LogP contribution in [0.5, 0.6) is 0 Å². The second-order valence-corrected chi connectivity index (χ2v) is 8.07. The van der Waals surface area contributed by atoms with Gasteiger partial charge in [0.2, 0.25) is 0 Å². The minimum atomic E-state index is 0.0818. The highest BCUT2D eigenvalue weighted by Crippen LogP contribution is 2.21. The molecule has 0 heterocycles. The molecule has 0 aromatic heterocycles. The van der Waals surface area contributed by atoms with E-state index < -0.39 is 0 Å². The summed E-state index contributed by atoms with van der Waals surface area (Å²) in [5.74, 6) is 1.32. The molecule has 0 N–H and O–H groups in total. The Kier molecular flexibility index (Phi) is 15.0. The summed E-state index contributed by atoms with van der Waals surface area (Å²) >= 11 is 0. The first-order chi connectivity index (χ1) is 12.1. The third-order valence-electron chi connectivity index (χ3n) is 4.76. The highest BCUT2D eigenvalue weighted by atomic mass is 16.7. The van der Waals surface area contributed by atoms with Crippen LogP contribution in [-0.2, 0) is 11.3 Å². The van der Waals surface area contributed by atoms with Crippen molar-refractivity contribution in [2.75, 3.05) is 7.11 Å². The van der Waals surface area contributed by atoms with Gasteiger partial charge in [-0.25, -0.2) is 0 Å². The van der Waals surface area contributed by atoms with Gasteiger partial charge in [-0.2, -0.15) is 5.06 Å². The van der Waals surface area contributed by atoms with Crippen molar-refractivity contribution < 1.29 is 4.84 Å². The smallest absolute Gasteiger partial charge is 0.0575 e. The van der Waals surface area contributed by atoms with Crippen LogP contribution in [0, 0.1) is 5.92 Å². The second kappa shape index (κ2) is 14.2. The molecule has 0 radical (unpaired) electrons. The van der Waals surface area contributed by atoms with Gasteiger partial charge in [0.1, 0.15) is 0 Å². The zero-order chi connectivity index (χ0) is 20.9. The molecule has 0 fully saturated rings. The normalized spacial score (nSPS) is 13.5. The van der Waals surface area contributed by atoms with Crippen molar-refractivity contribution in [2.24, 2.45) is 5.92 Å². The average Bonchev–Trinajstić information content (AvgIpc) is 2.62. The van der Waals surface area contributed by atoms with Crippen LogP contribution in [0.4, 0.5) is 0 Å². The predicted molar refractivity (Wildman–Crippen MR) is 119 cm³/mol. The van der Waals surface area contributed by atoms with Gasteiger partial charge in [-0.05, 0) is 63.5 Å². The van der Waals surface area contributed by atoms with E-state index in [9.17, 15) is 0 Å². The maximum atomic E-state index is 5.37. The zero-order valence-electron chi connectivity index (χ0n) is 19.8. The number of hydrogen-bond donors (Lipinski definition) is 0. The van der Waals surface area contributed by atoms with Crippen LogP contribution >= 0.6 is 0 Å². The summed E-state index contributed by atoms with van der Waals surface area (Å²) in [5.41, 5.74) is 2.98. The second-order valence-electron chi connectivity index (χ2n) is 8.07. The Hall–Kier alpha value is -0.860. The van der Waals surface area contributed by atoms with Crippen LogP contribution in [0.15, 0.2) is 24.3 Å². The molecule has 1 aromatic rings. The predicted octanol–water partition coefficient (Wildman–Crippen LogP) is 7.48. The van der Waals surface area contributed by atoms with Crippen molar-refractivity contribution >= 4 is 0 Å². The van der Waals surface area contributed by atoms with Crippen molar-refractivity contribution in [3.63, 3.8) is 0 Å². The fourth-order valence-electron chi connectivity index (χ4n) is 2.64. The summed E-state index contributed by atoms with van der Waals surface area (Å²) in [6, 6.07) is 9.44. The quantitative estimate of drug-likeness (QED) is 0.484. The van der Waals surface area contributed by atoms with E-state index >= 15 is 0 Å². The lowest BCUT2D eigenvalue weighted by Gasteiger charge is -2.39. The summed E-state index contributed by atoms with van der Waals surface area (Å²) in [6.07, 6.45) is 2.37. The molecule has 2 nitrogen and oxygen atoms in total. The van der Waals surface area contributed by atoms with Crippen molar-refractivity contribution in [2.45, 2.75) is 107 Å². The summed E-state index contributed by atoms with van der Waals surface area (Å²) in [6.45, 7) is 23.8. The van der Waals surface area contributed by atoms with Gasteiger partial charge in [0.25, 0.3) is 0 Å². The van der Waals surface area contributed by atoms with Gasteiger partial charge in [-0.15, -0.1) is 0 Å². The highest BCUT2D eigenvalue weighted by molar-refractivity contribution is 5.24. The van der Waals surface area contributed by atoms with Gasteiger partial charge in [0.05, 0.1) is 7.11 Å². The van der Waals surface area contributed by atoms with Gasteiger partial charge < -0.3 is 4.84 Å². The molecule has 1 aromatic carbocycles. The van der Waals surface area contributed by atoms with Crippen molar-refractivity contribution in [1.82, 2.24) is 5.06 Å². The molecular weight excluding hydrogens is 318 g/mol. The van der Waals surface area contributed by atoms with Crippen molar-refractivity contribution in [3.05, 3.63) is 35.4 Å². The van der Waals surface area contributed by atoms with Crippen LogP contribution in [0.25, 0.3) is 0 Å². The van der Waals surface area contributed by atoms with Gasteiger partial charge in [-0.3, -0.25) is 0 Å². The van der Waals surface area contributed by atoms with E-state index in [4.69, 9.17) is 4.84 Å². The number of benzene rings is 1. The molecule has 154 valence electrons. The topological polar surface area (TPSA) is 12.5 Å². The maximum absolute atomic E-state index is 5.37. The van der Waals surface area contributed by atoms with Crippen LogP contribution in [0.1, 0.15) is 99.6 Å². The van der Waals surface area contributed by atoms with Gasteiger partial charge >= 0.3 is 0 Å².